The molecule has 0 spiro atoms. The summed E-state index contributed by atoms with van der Waals surface area (Å²) in [4.78, 5) is 45.6. The van der Waals surface area contributed by atoms with E-state index in [1.165, 1.54) is 0 Å². The number of fused-ring (bicyclic) bond motifs is 1. The van der Waals surface area contributed by atoms with Crippen molar-refractivity contribution in [2.45, 2.75) is 31.3 Å². The van der Waals surface area contributed by atoms with Gasteiger partial charge in [-0.25, -0.2) is 19.4 Å². The lowest BCUT2D eigenvalue weighted by molar-refractivity contribution is -0.261. The molecule has 0 saturated heterocycles. The van der Waals surface area contributed by atoms with Crippen LogP contribution in [0.5, 0.6) is 0 Å². The number of carboxylic acids is 1. The van der Waals surface area contributed by atoms with Gasteiger partial charge < -0.3 is 21.6 Å². The molecule has 0 amide bonds. The number of nitrogens with two attached hydrogens (primary N) is 2. The number of carboxylic acid groups (broad SMARTS) is 1. The maximum atomic E-state index is 11.8. The summed E-state index contributed by atoms with van der Waals surface area (Å²) < 4.78 is 0. The van der Waals surface area contributed by atoms with Crippen molar-refractivity contribution in [3.05, 3.63) is 36.0 Å². The van der Waals surface area contributed by atoms with Crippen LogP contribution < -0.4 is 11.5 Å². The van der Waals surface area contributed by atoms with Crippen molar-refractivity contribution >= 4 is 28.8 Å². The minimum Gasteiger partial charge on any atom is -0.481 e. The maximum Gasteiger partial charge on any atom is 0.372 e. The highest BCUT2D eigenvalue weighted by molar-refractivity contribution is 5.84. The van der Waals surface area contributed by atoms with Gasteiger partial charge in [-0.1, -0.05) is 18.2 Å². The highest BCUT2D eigenvalue weighted by Crippen LogP contribution is 2.19. The van der Waals surface area contributed by atoms with Crippen molar-refractivity contribution in [3.63, 3.8) is 0 Å². The number of H-pyrrole nitrogens is 1. The molecular formula is C16H19N3O6. The third-order valence-electron chi connectivity index (χ3n) is 3.60. The van der Waals surface area contributed by atoms with E-state index in [9.17, 15) is 14.4 Å². The molecule has 0 saturated carbocycles. The van der Waals surface area contributed by atoms with Crippen LogP contribution in [-0.4, -0.2) is 40.1 Å². The molecule has 9 nitrogen and oxygen atoms in total. The highest BCUT2D eigenvalue weighted by Gasteiger charge is 2.23. The van der Waals surface area contributed by atoms with Gasteiger partial charge in [0.25, 0.3) is 0 Å². The van der Waals surface area contributed by atoms with Crippen LogP contribution in [0.1, 0.15) is 18.4 Å². The number of hydrogen-bond acceptors (Lipinski definition) is 7. The lowest BCUT2D eigenvalue weighted by atomic mass is 10.1. The SMILES string of the molecule is NC(Cc1c[nH]c2ccccc12)C(=O)OOC(=O)[C@H](N)CCC(=O)O. The summed E-state index contributed by atoms with van der Waals surface area (Å²) in [6, 6.07) is 5.29. The first-order valence-electron chi connectivity index (χ1n) is 7.58. The van der Waals surface area contributed by atoms with Crippen LogP contribution in [0.25, 0.3) is 10.9 Å². The molecule has 0 aliphatic rings. The van der Waals surface area contributed by atoms with Crippen LogP contribution in [0, 0.1) is 0 Å². The van der Waals surface area contributed by atoms with Crippen LogP contribution >= 0.6 is 0 Å². The fraction of sp³-hybridized carbons (Fsp3) is 0.312. The monoisotopic (exact) mass is 349 g/mol. The Morgan fingerprint density at radius 3 is 2.40 bits per heavy atom. The zero-order chi connectivity index (χ0) is 18.4. The summed E-state index contributed by atoms with van der Waals surface area (Å²) in [6.45, 7) is 0. The van der Waals surface area contributed by atoms with E-state index < -0.39 is 30.0 Å². The number of carbonyl (C=O) groups is 3. The van der Waals surface area contributed by atoms with Gasteiger partial charge in [0.15, 0.2) is 0 Å². The van der Waals surface area contributed by atoms with Gasteiger partial charge >= 0.3 is 17.9 Å². The Balaban J connectivity index is 1.84. The lowest BCUT2D eigenvalue weighted by Crippen LogP contribution is -2.38. The summed E-state index contributed by atoms with van der Waals surface area (Å²) in [6.07, 6.45) is 1.49. The van der Waals surface area contributed by atoms with Crippen LogP contribution in [0.3, 0.4) is 0 Å². The number of carbonyl (C=O) groups excluding carboxylic acids is 2. The van der Waals surface area contributed by atoms with E-state index in [0.29, 0.717) is 0 Å². The number of para-hydroxylation sites is 1. The van der Waals surface area contributed by atoms with E-state index in [1.54, 1.807) is 6.20 Å². The molecule has 1 heterocycles. The molecule has 0 bridgehead atoms. The van der Waals surface area contributed by atoms with Crippen LogP contribution in [0.2, 0.25) is 0 Å². The summed E-state index contributed by atoms with van der Waals surface area (Å²) in [5.74, 6) is -3.06. The average Bonchev–Trinajstić information content (AvgIpc) is 3.00. The highest BCUT2D eigenvalue weighted by atomic mass is 17.2. The van der Waals surface area contributed by atoms with E-state index in [2.05, 4.69) is 14.8 Å². The van der Waals surface area contributed by atoms with Crippen LogP contribution in [0.4, 0.5) is 0 Å². The molecule has 2 rings (SSSR count). The first-order chi connectivity index (χ1) is 11.9. The molecule has 2 atom stereocenters. The van der Waals surface area contributed by atoms with Gasteiger partial charge in [0.05, 0.1) is 0 Å². The standard InChI is InChI=1S/C16H19N3O6/c17-11(5-6-14(20)21)15(22)24-25-16(23)12(18)7-9-8-19-13-4-2-1-3-10(9)13/h1-4,8,11-12,19H,5-7,17-18H2,(H,20,21)/t11-,12?/m1/s1. The average molecular weight is 349 g/mol. The number of rotatable bonds is 7. The van der Waals surface area contributed by atoms with Crippen LogP contribution in [0.15, 0.2) is 30.5 Å². The lowest BCUT2D eigenvalue weighted by Gasteiger charge is -2.11. The van der Waals surface area contributed by atoms with Crippen molar-refractivity contribution < 1.29 is 29.3 Å². The summed E-state index contributed by atoms with van der Waals surface area (Å²) in [5.41, 5.74) is 12.9. The normalized spacial score (nSPS) is 13.2. The van der Waals surface area contributed by atoms with Crippen molar-refractivity contribution in [2.24, 2.45) is 11.5 Å². The van der Waals surface area contributed by atoms with Crippen molar-refractivity contribution in [2.75, 3.05) is 0 Å². The predicted octanol–water partition coefficient (Wildman–Crippen LogP) is 0.231. The molecule has 1 aromatic carbocycles. The Kier molecular flexibility index (Phi) is 6.09. The quantitative estimate of drug-likeness (QED) is 0.408. The summed E-state index contributed by atoms with van der Waals surface area (Å²) in [7, 11) is 0. The molecule has 1 unspecified atom stereocenters. The van der Waals surface area contributed by atoms with Gasteiger partial charge in [0, 0.05) is 29.9 Å². The number of aromatic amines is 1. The second-order valence-corrected chi connectivity index (χ2v) is 5.51. The zero-order valence-electron chi connectivity index (χ0n) is 13.3. The molecule has 0 aliphatic heterocycles. The van der Waals surface area contributed by atoms with E-state index in [4.69, 9.17) is 16.6 Å². The fourth-order valence-corrected chi connectivity index (χ4v) is 2.22. The minimum atomic E-state index is -1.20. The second kappa shape index (κ2) is 8.27. The fourth-order valence-electron chi connectivity index (χ4n) is 2.22. The molecule has 25 heavy (non-hydrogen) atoms. The molecule has 1 aromatic heterocycles. The van der Waals surface area contributed by atoms with Gasteiger partial charge in [-0.15, -0.1) is 0 Å². The summed E-state index contributed by atoms with van der Waals surface area (Å²) >= 11 is 0. The second-order valence-electron chi connectivity index (χ2n) is 5.51. The van der Waals surface area contributed by atoms with Gasteiger partial charge in [0.1, 0.15) is 12.1 Å². The Morgan fingerprint density at radius 1 is 1.08 bits per heavy atom. The maximum absolute atomic E-state index is 11.8. The first-order valence-corrected chi connectivity index (χ1v) is 7.58. The van der Waals surface area contributed by atoms with Gasteiger partial charge in [-0.05, 0) is 18.1 Å². The third kappa shape index (κ3) is 5.03. The number of aliphatic carboxylic acids is 1. The van der Waals surface area contributed by atoms with Crippen molar-refractivity contribution in [1.82, 2.24) is 4.98 Å². The third-order valence-corrected chi connectivity index (χ3v) is 3.60. The number of hydrogen-bond donors (Lipinski definition) is 4. The van der Waals surface area contributed by atoms with E-state index in [1.807, 2.05) is 24.3 Å². The Bertz CT molecular complexity index is 772. The van der Waals surface area contributed by atoms with E-state index in [0.717, 1.165) is 16.5 Å². The molecule has 6 N–H and O–H groups in total. The molecule has 0 radical (unpaired) electrons. The summed E-state index contributed by atoms with van der Waals surface area (Å²) in [5, 5.41) is 9.45. The number of nitrogens with one attached hydrogen (secondary N) is 1. The van der Waals surface area contributed by atoms with Gasteiger partial charge in [0.2, 0.25) is 0 Å². The zero-order valence-corrected chi connectivity index (χ0v) is 13.3. The molecular weight excluding hydrogens is 330 g/mol. The smallest absolute Gasteiger partial charge is 0.372 e. The van der Waals surface area contributed by atoms with E-state index >= 15 is 0 Å². The number of aromatic nitrogens is 1. The Morgan fingerprint density at radius 2 is 1.72 bits per heavy atom. The molecule has 134 valence electrons. The first kappa shape index (κ1) is 18.4. The van der Waals surface area contributed by atoms with E-state index in [-0.39, 0.29) is 19.3 Å². The molecule has 2 aromatic rings. The molecule has 0 fully saturated rings. The Labute approximate surface area is 142 Å². The van der Waals surface area contributed by atoms with Gasteiger partial charge in [-0.3, -0.25) is 4.79 Å². The van der Waals surface area contributed by atoms with Crippen LogP contribution in [-0.2, 0) is 30.6 Å². The topological polar surface area (TPSA) is 158 Å². The largest absolute Gasteiger partial charge is 0.481 e. The number of benzene rings is 1. The van der Waals surface area contributed by atoms with Gasteiger partial charge in [-0.2, -0.15) is 0 Å². The minimum absolute atomic E-state index is 0.132. The van der Waals surface area contributed by atoms with Crippen molar-refractivity contribution in [1.29, 1.82) is 0 Å². The Hall–Kier alpha value is -2.91. The van der Waals surface area contributed by atoms with Crippen molar-refractivity contribution in [3.8, 4) is 0 Å². The molecule has 0 aliphatic carbocycles. The molecule has 9 heteroatoms. The predicted molar refractivity (Wildman–Crippen MR) is 87.0 cm³/mol.